The quantitative estimate of drug-likeness (QED) is 0.777. The van der Waals surface area contributed by atoms with Gasteiger partial charge in [0.2, 0.25) is 5.95 Å². The van der Waals surface area contributed by atoms with Gasteiger partial charge in [-0.3, -0.25) is 0 Å². The third-order valence-electron chi connectivity index (χ3n) is 5.56. The Bertz CT molecular complexity index is 921. The molecule has 2 fully saturated rings. The van der Waals surface area contributed by atoms with Crippen LogP contribution in [0.4, 0.5) is 5.95 Å². The van der Waals surface area contributed by atoms with E-state index in [1.165, 1.54) is 12.8 Å². The summed E-state index contributed by atoms with van der Waals surface area (Å²) in [4.78, 5) is 7.12. The molecule has 25 heavy (non-hydrogen) atoms. The number of nitrogens with zero attached hydrogens (tertiary/aromatic N) is 4. The molecule has 6 nitrogen and oxygen atoms in total. The van der Waals surface area contributed by atoms with Crippen LogP contribution in [0.1, 0.15) is 18.5 Å². The van der Waals surface area contributed by atoms with Gasteiger partial charge in [-0.25, -0.2) is 4.98 Å². The van der Waals surface area contributed by atoms with E-state index in [-0.39, 0.29) is 0 Å². The second kappa shape index (κ2) is 5.81. The topological polar surface area (TPSA) is 67.1 Å². The van der Waals surface area contributed by atoms with E-state index in [4.69, 9.17) is 9.40 Å². The van der Waals surface area contributed by atoms with E-state index in [0.717, 1.165) is 59.4 Å². The van der Waals surface area contributed by atoms with Crippen LogP contribution in [0.3, 0.4) is 0 Å². The van der Waals surface area contributed by atoms with Crippen LogP contribution in [0.25, 0.3) is 22.2 Å². The lowest BCUT2D eigenvalue weighted by atomic mass is 9.93. The first-order valence-electron chi connectivity index (χ1n) is 8.96. The number of nitrogens with one attached hydrogen (secondary N) is 1. The molecule has 0 bridgehead atoms. The molecule has 2 atom stereocenters. The highest BCUT2D eigenvalue weighted by molar-refractivity contribution is 5.83. The lowest BCUT2D eigenvalue weighted by Crippen LogP contribution is -2.46. The normalized spacial score (nSPS) is 23.2. The summed E-state index contributed by atoms with van der Waals surface area (Å²) < 4.78 is 5.41. The van der Waals surface area contributed by atoms with Gasteiger partial charge in [0.1, 0.15) is 11.3 Å². The monoisotopic (exact) mass is 335 g/mol. The number of benzene rings is 1. The highest BCUT2D eigenvalue weighted by Crippen LogP contribution is 2.32. The molecule has 0 spiro atoms. The van der Waals surface area contributed by atoms with Crippen molar-refractivity contribution in [2.24, 2.45) is 5.92 Å². The number of aryl methyl sites for hydroxylation is 1. The average molecular weight is 335 g/mol. The molecular weight excluding hydrogens is 314 g/mol. The van der Waals surface area contributed by atoms with E-state index in [2.05, 4.69) is 26.5 Å². The summed E-state index contributed by atoms with van der Waals surface area (Å²) in [5.74, 6) is 1.52. The summed E-state index contributed by atoms with van der Waals surface area (Å²) in [5.41, 5.74) is 3.66. The molecule has 1 aromatic carbocycles. The molecule has 3 aromatic rings. The fourth-order valence-electron chi connectivity index (χ4n) is 4.21. The molecule has 2 saturated heterocycles. The second-order valence-corrected chi connectivity index (χ2v) is 7.02. The molecule has 0 saturated carbocycles. The lowest BCUT2D eigenvalue weighted by Gasteiger charge is -2.32. The third kappa shape index (κ3) is 2.48. The molecule has 6 heteroatoms. The zero-order chi connectivity index (χ0) is 16.8. The molecule has 5 rings (SSSR count). The van der Waals surface area contributed by atoms with Crippen molar-refractivity contribution in [1.82, 2.24) is 20.5 Å². The summed E-state index contributed by atoms with van der Waals surface area (Å²) in [7, 11) is 0. The number of hydrogen-bond acceptors (Lipinski definition) is 6. The first kappa shape index (κ1) is 14.8. The maximum Gasteiger partial charge on any atom is 0.245 e. The Morgan fingerprint density at radius 1 is 1.20 bits per heavy atom. The standard InChI is InChI=1S/C19H21N5O/c1-12-18(15-2-3-17-14(10-15)6-9-25-17)22-23-19(21-12)24-8-5-13-4-7-20-11-16(13)24/h2-3,6,9-10,13,16,20H,4-5,7-8,11H2,1H3. The fourth-order valence-corrected chi connectivity index (χ4v) is 4.21. The molecule has 2 aliphatic heterocycles. The third-order valence-corrected chi connectivity index (χ3v) is 5.56. The largest absolute Gasteiger partial charge is 0.464 e. The zero-order valence-corrected chi connectivity index (χ0v) is 14.3. The Labute approximate surface area is 146 Å². The van der Waals surface area contributed by atoms with Crippen LogP contribution in [0.2, 0.25) is 0 Å². The van der Waals surface area contributed by atoms with Crippen molar-refractivity contribution in [2.75, 3.05) is 24.5 Å². The van der Waals surface area contributed by atoms with Crippen molar-refractivity contribution in [3.8, 4) is 11.3 Å². The number of aromatic nitrogens is 3. The van der Waals surface area contributed by atoms with Gasteiger partial charge in [-0.05, 0) is 56.5 Å². The Kier molecular flexibility index (Phi) is 3.45. The maximum absolute atomic E-state index is 5.41. The Morgan fingerprint density at radius 3 is 3.08 bits per heavy atom. The van der Waals surface area contributed by atoms with E-state index in [0.29, 0.717) is 6.04 Å². The van der Waals surface area contributed by atoms with E-state index in [9.17, 15) is 0 Å². The van der Waals surface area contributed by atoms with Gasteiger partial charge >= 0.3 is 0 Å². The summed E-state index contributed by atoms with van der Waals surface area (Å²) in [6, 6.07) is 8.53. The molecule has 1 N–H and O–H groups in total. The smallest absolute Gasteiger partial charge is 0.245 e. The van der Waals surface area contributed by atoms with E-state index < -0.39 is 0 Å². The highest BCUT2D eigenvalue weighted by Gasteiger charge is 2.37. The van der Waals surface area contributed by atoms with E-state index >= 15 is 0 Å². The zero-order valence-electron chi connectivity index (χ0n) is 14.3. The molecule has 4 heterocycles. The minimum Gasteiger partial charge on any atom is -0.464 e. The van der Waals surface area contributed by atoms with Gasteiger partial charge in [-0.15, -0.1) is 10.2 Å². The van der Waals surface area contributed by atoms with Crippen LogP contribution in [0.15, 0.2) is 34.9 Å². The van der Waals surface area contributed by atoms with E-state index in [1.807, 2.05) is 25.1 Å². The molecule has 0 amide bonds. The van der Waals surface area contributed by atoms with Crippen molar-refractivity contribution < 1.29 is 4.42 Å². The van der Waals surface area contributed by atoms with Crippen molar-refractivity contribution in [2.45, 2.75) is 25.8 Å². The Balaban J connectivity index is 1.47. The lowest BCUT2D eigenvalue weighted by molar-refractivity contribution is 0.357. The number of hydrogen-bond donors (Lipinski definition) is 1. The van der Waals surface area contributed by atoms with Crippen molar-refractivity contribution in [3.05, 3.63) is 36.2 Å². The molecule has 2 aliphatic rings. The molecule has 2 unspecified atom stereocenters. The van der Waals surface area contributed by atoms with Gasteiger partial charge < -0.3 is 14.6 Å². The molecule has 0 aliphatic carbocycles. The van der Waals surface area contributed by atoms with E-state index in [1.54, 1.807) is 6.26 Å². The van der Waals surface area contributed by atoms with Gasteiger partial charge in [0.25, 0.3) is 0 Å². The van der Waals surface area contributed by atoms with Crippen molar-refractivity contribution >= 4 is 16.9 Å². The van der Waals surface area contributed by atoms with Crippen LogP contribution in [-0.4, -0.2) is 40.9 Å². The predicted molar refractivity (Wildman–Crippen MR) is 96.5 cm³/mol. The summed E-state index contributed by atoms with van der Waals surface area (Å²) >= 11 is 0. The Hall–Kier alpha value is -2.47. The van der Waals surface area contributed by atoms with Crippen LogP contribution in [0, 0.1) is 12.8 Å². The summed E-state index contributed by atoms with van der Waals surface area (Å²) in [6.45, 7) is 5.19. The van der Waals surface area contributed by atoms with Gasteiger partial charge in [-0.2, -0.15) is 0 Å². The minimum absolute atomic E-state index is 0.503. The fraction of sp³-hybridized carbons (Fsp3) is 0.421. The Morgan fingerprint density at radius 2 is 2.16 bits per heavy atom. The summed E-state index contributed by atoms with van der Waals surface area (Å²) in [5, 5.41) is 13.6. The van der Waals surface area contributed by atoms with Crippen LogP contribution < -0.4 is 10.2 Å². The number of furan rings is 1. The molecule has 2 aromatic heterocycles. The maximum atomic E-state index is 5.41. The number of rotatable bonds is 2. The average Bonchev–Trinajstić information content (AvgIpc) is 3.27. The van der Waals surface area contributed by atoms with Crippen LogP contribution >= 0.6 is 0 Å². The first-order valence-corrected chi connectivity index (χ1v) is 8.96. The molecule has 128 valence electrons. The summed E-state index contributed by atoms with van der Waals surface area (Å²) in [6.07, 6.45) is 4.18. The number of anilines is 1. The molecular formula is C19H21N5O. The number of fused-ring (bicyclic) bond motifs is 2. The van der Waals surface area contributed by atoms with Gasteiger partial charge in [0.15, 0.2) is 0 Å². The minimum atomic E-state index is 0.503. The van der Waals surface area contributed by atoms with Crippen molar-refractivity contribution in [3.63, 3.8) is 0 Å². The van der Waals surface area contributed by atoms with Gasteiger partial charge in [-0.1, -0.05) is 0 Å². The SMILES string of the molecule is Cc1nc(N2CCC3CCNCC32)nnc1-c1ccc2occc2c1. The number of piperidine rings is 1. The van der Waals surface area contributed by atoms with Crippen LogP contribution in [0.5, 0.6) is 0 Å². The highest BCUT2D eigenvalue weighted by atomic mass is 16.3. The van der Waals surface area contributed by atoms with Crippen molar-refractivity contribution in [1.29, 1.82) is 0 Å². The predicted octanol–water partition coefficient (Wildman–Crippen LogP) is 2.78. The van der Waals surface area contributed by atoms with Gasteiger partial charge in [0, 0.05) is 30.1 Å². The second-order valence-electron chi connectivity index (χ2n) is 7.02. The molecule has 0 radical (unpaired) electrons. The first-order chi connectivity index (χ1) is 12.3. The van der Waals surface area contributed by atoms with Crippen LogP contribution in [-0.2, 0) is 0 Å². The van der Waals surface area contributed by atoms with Gasteiger partial charge in [0.05, 0.1) is 12.0 Å².